The highest BCUT2D eigenvalue weighted by molar-refractivity contribution is 7.39. The molecule has 0 fully saturated rings. The third-order valence-electron chi connectivity index (χ3n) is 4.09. The number of benzene rings is 1. The van der Waals surface area contributed by atoms with Crippen LogP contribution in [0.3, 0.4) is 0 Å². The van der Waals surface area contributed by atoms with E-state index in [-0.39, 0.29) is 5.41 Å². The van der Waals surface area contributed by atoms with Gasteiger partial charge in [0.25, 0.3) is 0 Å². The Bertz CT molecular complexity index is 458. The number of para-hydroxylation sites is 1. The van der Waals surface area contributed by atoms with Gasteiger partial charge in [-0.1, -0.05) is 59.7 Å². The lowest BCUT2D eigenvalue weighted by Gasteiger charge is -2.33. The summed E-state index contributed by atoms with van der Waals surface area (Å²) in [6.07, 6.45) is 3.21. The van der Waals surface area contributed by atoms with E-state index in [9.17, 15) is 0 Å². The minimum atomic E-state index is -2.37. The Morgan fingerprint density at radius 2 is 1.64 bits per heavy atom. The molecule has 2 N–H and O–H groups in total. The molecule has 1 rings (SSSR count). The molecule has 3 nitrogen and oxygen atoms in total. The number of hydrogen-bond acceptors (Lipinski definition) is 3. The van der Waals surface area contributed by atoms with Crippen LogP contribution in [0.1, 0.15) is 59.9 Å². The number of rotatable bonds is 6. The molecule has 0 spiro atoms. The van der Waals surface area contributed by atoms with Crippen LogP contribution in [0, 0.1) is 16.7 Å². The molecule has 0 radical (unpaired) electrons. The third-order valence-corrected chi connectivity index (χ3v) is 4.45. The lowest BCUT2D eigenvalue weighted by atomic mass is 9.72. The molecule has 1 aromatic carbocycles. The van der Waals surface area contributed by atoms with Crippen LogP contribution in [-0.4, -0.2) is 9.79 Å². The quantitative estimate of drug-likeness (QED) is 0.697. The fourth-order valence-electron chi connectivity index (χ4n) is 2.56. The van der Waals surface area contributed by atoms with Crippen molar-refractivity contribution in [3.05, 3.63) is 29.8 Å². The van der Waals surface area contributed by atoms with Crippen LogP contribution in [0.4, 0.5) is 0 Å². The molecule has 0 heterocycles. The van der Waals surface area contributed by atoms with Crippen molar-refractivity contribution in [2.75, 3.05) is 0 Å². The minimum absolute atomic E-state index is 0.196. The highest BCUT2D eigenvalue weighted by Crippen LogP contribution is 2.39. The molecule has 0 amide bonds. The second kappa shape index (κ2) is 7.77. The topological polar surface area (TPSA) is 49.7 Å². The van der Waals surface area contributed by atoms with E-state index in [1.165, 1.54) is 6.42 Å². The lowest BCUT2D eigenvalue weighted by molar-refractivity contribution is 0.194. The summed E-state index contributed by atoms with van der Waals surface area (Å²) in [5.41, 5.74) is 1.57. The summed E-state index contributed by atoms with van der Waals surface area (Å²) in [5.74, 6) is 1.10. The Hall–Kier alpha value is -0.630. The van der Waals surface area contributed by atoms with Gasteiger partial charge in [-0.3, -0.25) is 0 Å². The van der Waals surface area contributed by atoms with Gasteiger partial charge in [0.2, 0.25) is 0 Å². The first-order chi connectivity index (χ1) is 9.99. The fourth-order valence-corrected chi connectivity index (χ4v) is 2.92. The van der Waals surface area contributed by atoms with Crippen LogP contribution in [0.5, 0.6) is 5.75 Å². The Morgan fingerprint density at radius 3 is 2.14 bits per heavy atom. The highest BCUT2D eigenvalue weighted by atomic mass is 31.2. The van der Waals surface area contributed by atoms with E-state index in [1.807, 2.05) is 18.2 Å². The van der Waals surface area contributed by atoms with Gasteiger partial charge in [-0.15, -0.1) is 0 Å². The average Bonchev–Trinajstić information content (AvgIpc) is 2.33. The third kappa shape index (κ3) is 7.09. The minimum Gasteiger partial charge on any atom is -0.427 e. The van der Waals surface area contributed by atoms with Crippen LogP contribution in [0.15, 0.2) is 24.3 Å². The van der Waals surface area contributed by atoms with Gasteiger partial charge in [0, 0.05) is 0 Å². The fraction of sp³-hybridized carbons (Fsp3) is 0.667. The molecule has 0 saturated carbocycles. The van der Waals surface area contributed by atoms with Crippen LogP contribution in [-0.2, 0) is 6.42 Å². The van der Waals surface area contributed by atoms with Crippen molar-refractivity contribution in [3.63, 3.8) is 0 Å². The summed E-state index contributed by atoms with van der Waals surface area (Å²) in [5, 5.41) is 0. The van der Waals surface area contributed by atoms with E-state index in [4.69, 9.17) is 14.3 Å². The monoisotopic (exact) mass is 326 g/mol. The van der Waals surface area contributed by atoms with Crippen molar-refractivity contribution < 1.29 is 14.3 Å². The van der Waals surface area contributed by atoms with Crippen molar-refractivity contribution in [1.82, 2.24) is 0 Å². The highest BCUT2D eigenvalue weighted by Gasteiger charge is 2.27. The molecular formula is C18H31O3P. The maximum absolute atomic E-state index is 9.13. The summed E-state index contributed by atoms with van der Waals surface area (Å²) in [6.45, 7) is 13.6. The molecule has 1 aromatic rings. The smallest absolute Gasteiger partial charge is 0.391 e. The molecule has 1 atom stereocenters. The molecule has 0 aliphatic heterocycles. The zero-order valence-corrected chi connectivity index (χ0v) is 15.7. The van der Waals surface area contributed by atoms with Crippen molar-refractivity contribution in [2.24, 2.45) is 16.7 Å². The van der Waals surface area contributed by atoms with Gasteiger partial charge >= 0.3 is 8.60 Å². The summed E-state index contributed by atoms with van der Waals surface area (Å²) >= 11 is 0. The maximum atomic E-state index is 9.13. The van der Waals surface area contributed by atoms with Crippen molar-refractivity contribution in [2.45, 2.75) is 60.8 Å². The number of hydrogen-bond donors (Lipinski definition) is 2. The van der Waals surface area contributed by atoms with Crippen LogP contribution >= 0.6 is 8.60 Å². The Morgan fingerprint density at radius 1 is 1.05 bits per heavy atom. The second-order valence-corrected chi connectivity index (χ2v) is 9.01. The van der Waals surface area contributed by atoms with Gasteiger partial charge in [0.15, 0.2) is 0 Å². The van der Waals surface area contributed by atoms with E-state index in [0.29, 0.717) is 17.1 Å². The molecule has 22 heavy (non-hydrogen) atoms. The first kappa shape index (κ1) is 19.4. The zero-order chi connectivity index (χ0) is 17.0. The molecule has 0 aliphatic rings. The van der Waals surface area contributed by atoms with Crippen LogP contribution < -0.4 is 4.52 Å². The molecule has 1 unspecified atom stereocenters. The SMILES string of the molecule is CC(C)(C)CCC(Cc1ccccc1OP(O)O)C(C)(C)C. The van der Waals surface area contributed by atoms with E-state index in [0.717, 1.165) is 18.4 Å². The molecule has 0 saturated heterocycles. The molecule has 0 bridgehead atoms. The summed E-state index contributed by atoms with van der Waals surface area (Å²) in [6, 6.07) is 7.66. The van der Waals surface area contributed by atoms with Gasteiger partial charge in [0.1, 0.15) is 5.75 Å². The normalized spacial score (nSPS) is 14.2. The zero-order valence-electron chi connectivity index (χ0n) is 14.8. The van der Waals surface area contributed by atoms with E-state index in [1.54, 1.807) is 6.07 Å². The predicted octanol–water partition coefficient (Wildman–Crippen LogP) is 5.31. The van der Waals surface area contributed by atoms with Crippen LogP contribution in [0.2, 0.25) is 0 Å². The predicted molar refractivity (Wildman–Crippen MR) is 93.8 cm³/mol. The first-order valence-electron chi connectivity index (χ1n) is 7.93. The largest absolute Gasteiger partial charge is 0.427 e. The molecular weight excluding hydrogens is 295 g/mol. The first-order valence-corrected chi connectivity index (χ1v) is 9.09. The Balaban J connectivity index is 2.90. The van der Waals surface area contributed by atoms with E-state index in [2.05, 4.69) is 41.5 Å². The molecule has 126 valence electrons. The standard InChI is InChI=1S/C18H31O3P/c1-17(2,3)12-11-15(18(4,5)6)13-14-9-7-8-10-16(14)21-22(19)20/h7-10,15,19-20H,11-13H2,1-6H3. The Labute approximate surface area is 136 Å². The van der Waals surface area contributed by atoms with Crippen molar-refractivity contribution in [1.29, 1.82) is 0 Å². The van der Waals surface area contributed by atoms with E-state index < -0.39 is 8.60 Å². The van der Waals surface area contributed by atoms with Crippen LogP contribution in [0.25, 0.3) is 0 Å². The molecule has 0 aliphatic carbocycles. The summed E-state index contributed by atoms with van der Waals surface area (Å²) in [7, 11) is -2.37. The van der Waals surface area contributed by atoms with Gasteiger partial charge in [-0.25, -0.2) is 0 Å². The Kier molecular flexibility index (Phi) is 6.85. The average molecular weight is 326 g/mol. The second-order valence-electron chi connectivity index (χ2n) is 8.32. The van der Waals surface area contributed by atoms with Gasteiger partial charge < -0.3 is 14.3 Å². The van der Waals surface area contributed by atoms with Gasteiger partial charge in [-0.05, 0) is 47.6 Å². The van der Waals surface area contributed by atoms with Crippen molar-refractivity contribution >= 4 is 8.60 Å². The summed E-state index contributed by atoms with van der Waals surface area (Å²) < 4.78 is 5.18. The van der Waals surface area contributed by atoms with Gasteiger partial charge in [-0.2, -0.15) is 0 Å². The summed E-state index contributed by atoms with van der Waals surface area (Å²) in [4.78, 5) is 18.3. The van der Waals surface area contributed by atoms with Crippen molar-refractivity contribution in [3.8, 4) is 5.75 Å². The molecule has 4 heteroatoms. The van der Waals surface area contributed by atoms with E-state index >= 15 is 0 Å². The van der Waals surface area contributed by atoms with Gasteiger partial charge in [0.05, 0.1) is 0 Å². The molecule has 0 aromatic heterocycles. The lowest BCUT2D eigenvalue weighted by Crippen LogP contribution is -2.24. The maximum Gasteiger partial charge on any atom is 0.391 e.